The van der Waals surface area contributed by atoms with Crippen molar-refractivity contribution >= 4 is 23.9 Å². The maximum absolute atomic E-state index is 14.4. The molecule has 6 amide bonds. The van der Waals surface area contributed by atoms with Crippen LogP contribution >= 0.6 is 0 Å². The van der Waals surface area contributed by atoms with E-state index in [2.05, 4.69) is 31.2 Å². The smallest absolute Gasteiger partial charge is 0.319 e. The molecule has 3 aromatic rings. The van der Waals surface area contributed by atoms with Crippen LogP contribution in [0.3, 0.4) is 0 Å². The second-order valence-corrected chi connectivity index (χ2v) is 17.9. The number of amides is 6. The van der Waals surface area contributed by atoms with E-state index in [4.69, 9.17) is 9.47 Å². The van der Waals surface area contributed by atoms with Gasteiger partial charge in [0.1, 0.15) is 6.04 Å². The molecule has 3 atom stereocenters. The van der Waals surface area contributed by atoms with Crippen LogP contribution in [0.5, 0.6) is 0 Å². The summed E-state index contributed by atoms with van der Waals surface area (Å²) in [4.78, 5) is 63.3. The molecule has 2 fully saturated rings. The summed E-state index contributed by atoms with van der Waals surface area (Å²) in [5, 5.41) is 22.4. The van der Waals surface area contributed by atoms with Crippen LogP contribution in [0.2, 0.25) is 0 Å². The zero-order valence-electron chi connectivity index (χ0n) is 39.3. The number of morpholine rings is 2. The Hall–Kier alpha value is -5.10. The Kier molecular flexibility index (Phi) is 20.0. The van der Waals surface area contributed by atoms with Gasteiger partial charge in [0.2, 0.25) is 5.72 Å². The van der Waals surface area contributed by atoms with E-state index in [0.29, 0.717) is 65.4 Å². The van der Waals surface area contributed by atoms with E-state index in [-0.39, 0.29) is 25.0 Å². The van der Waals surface area contributed by atoms with Crippen LogP contribution < -0.4 is 21.4 Å². The van der Waals surface area contributed by atoms with Gasteiger partial charge in [-0.1, -0.05) is 113 Å². The highest BCUT2D eigenvalue weighted by Gasteiger charge is 2.43. The van der Waals surface area contributed by atoms with Gasteiger partial charge in [0.05, 0.1) is 26.4 Å². The van der Waals surface area contributed by atoms with Crippen LogP contribution in [-0.4, -0.2) is 171 Å². The number of aryl methyl sites for hydroxylation is 1. The third kappa shape index (κ3) is 16.1. The topological polar surface area (TPSA) is 171 Å². The second kappa shape index (κ2) is 25.6. The zero-order valence-corrected chi connectivity index (χ0v) is 39.3. The first kappa shape index (κ1) is 50.9. The number of ether oxygens (including phenoxy) is 2. The number of hydrogen-bond acceptors (Lipinski definition) is 10. The Morgan fingerprint density at radius 2 is 1.22 bits per heavy atom. The summed E-state index contributed by atoms with van der Waals surface area (Å²) in [6, 6.07) is 25.6. The first-order valence-electron chi connectivity index (χ1n) is 23.1. The highest BCUT2D eigenvalue weighted by molar-refractivity contribution is 5.90. The maximum atomic E-state index is 14.4. The number of carbonyl (C=O) groups is 4. The molecule has 2 aliphatic heterocycles. The van der Waals surface area contributed by atoms with Gasteiger partial charge in [0.25, 0.3) is 11.8 Å². The molecule has 0 aromatic heterocycles. The van der Waals surface area contributed by atoms with Gasteiger partial charge in [-0.15, -0.1) is 0 Å². The Bertz CT molecular complexity index is 1910. The SMILES string of the molecule is CC(C)[C@H](NC(=O)N(C)CCN1CCOCC1)C(=O)NN(Cc1ccc(-c2ccccc2)cc1)C[C@H](CCc1ccccc1)NC(=O)[C@@](O)(NC(=O)N(C)CCN1CCOCC1)C(C)C. The summed E-state index contributed by atoms with van der Waals surface area (Å²) >= 11 is 0. The van der Waals surface area contributed by atoms with Crippen LogP contribution in [0, 0.1) is 11.8 Å². The predicted molar refractivity (Wildman–Crippen MR) is 252 cm³/mol. The van der Waals surface area contributed by atoms with Crippen molar-refractivity contribution in [2.45, 2.75) is 64.9 Å². The molecule has 0 aliphatic carbocycles. The van der Waals surface area contributed by atoms with E-state index in [1.807, 2.05) is 98.8 Å². The molecule has 0 unspecified atom stereocenters. The van der Waals surface area contributed by atoms with Gasteiger partial charge < -0.3 is 40.3 Å². The highest BCUT2D eigenvalue weighted by Crippen LogP contribution is 2.21. The number of aliphatic hydroxyl groups is 1. The summed E-state index contributed by atoms with van der Waals surface area (Å²) in [5.74, 6) is -2.12. The largest absolute Gasteiger partial charge is 0.379 e. The number of benzene rings is 3. The number of nitrogens with one attached hydrogen (secondary N) is 4. The molecule has 2 aliphatic rings. The summed E-state index contributed by atoms with van der Waals surface area (Å²) < 4.78 is 10.9. The summed E-state index contributed by atoms with van der Waals surface area (Å²) in [6.45, 7) is 15.5. The van der Waals surface area contributed by atoms with Gasteiger partial charge >= 0.3 is 12.1 Å². The third-order valence-corrected chi connectivity index (χ3v) is 12.2. The lowest BCUT2D eigenvalue weighted by Gasteiger charge is -2.36. The van der Waals surface area contributed by atoms with Gasteiger partial charge in [0, 0.05) is 91.5 Å². The molecule has 356 valence electrons. The molecular formula is C49H73N9O7. The van der Waals surface area contributed by atoms with Crippen LogP contribution in [0.4, 0.5) is 9.59 Å². The van der Waals surface area contributed by atoms with E-state index in [9.17, 15) is 24.3 Å². The molecule has 0 saturated carbocycles. The normalized spacial score (nSPS) is 16.6. The Morgan fingerprint density at radius 3 is 1.75 bits per heavy atom. The Labute approximate surface area is 385 Å². The van der Waals surface area contributed by atoms with Gasteiger partial charge in [-0.05, 0) is 41.0 Å². The third-order valence-electron chi connectivity index (χ3n) is 12.2. The van der Waals surface area contributed by atoms with Crippen molar-refractivity contribution in [3.8, 4) is 11.1 Å². The second-order valence-electron chi connectivity index (χ2n) is 17.9. The first-order valence-corrected chi connectivity index (χ1v) is 23.1. The molecule has 0 bridgehead atoms. The van der Waals surface area contributed by atoms with E-state index in [1.165, 1.54) is 4.90 Å². The molecule has 3 aromatic carbocycles. The van der Waals surface area contributed by atoms with E-state index < -0.39 is 41.6 Å². The Morgan fingerprint density at radius 1 is 0.692 bits per heavy atom. The monoisotopic (exact) mass is 900 g/mol. The van der Waals surface area contributed by atoms with Crippen molar-refractivity contribution in [3.05, 3.63) is 96.1 Å². The zero-order chi connectivity index (χ0) is 46.8. The van der Waals surface area contributed by atoms with E-state index in [0.717, 1.165) is 48.4 Å². The number of hydrazine groups is 1. The highest BCUT2D eigenvalue weighted by atomic mass is 16.5. The van der Waals surface area contributed by atoms with Gasteiger partial charge in [0.15, 0.2) is 0 Å². The molecule has 0 spiro atoms. The lowest BCUT2D eigenvalue weighted by Crippen LogP contribution is -2.66. The first-order chi connectivity index (χ1) is 31.2. The number of carbonyl (C=O) groups excluding carboxylic acids is 4. The van der Waals surface area contributed by atoms with E-state index >= 15 is 0 Å². The molecule has 5 N–H and O–H groups in total. The molecule has 16 heteroatoms. The van der Waals surface area contributed by atoms with Crippen molar-refractivity contribution in [2.75, 3.05) is 99.4 Å². The van der Waals surface area contributed by atoms with Crippen LogP contribution in [0.15, 0.2) is 84.9 Å². The van der Waals surface area contributed by atoms with Gasteiger partial charge in [-0.3, -0.25) is 24.8 Å². The van der Waals surface area contributed by atoms with Crippen molar-refractivity contribution < 1.29 is 33.8 Å². The number of nitrogens with zero attached hydrogens (tertiary/aromatic N) is 5. The molecule has 2 heterocycles. The van der Waals surface area contributed by atoms with Gasteiger partial charge in [-0.2, -0.15) is 0 Å². The maximum Gasteiger partial charge on any atom is 0.319 e. The minimum absolute atomic E-state index is 0.130. The summed E-state index contributed by atoms with van der Waals surface area (Å²) in [7, 11) is 3.36. The molecule has 2 saturated heterocycles. The summed E-state index contributed by atoms with van der Waals surface area (Å²) in [6.07, 6.45) is 1.02. The summed E-state index contributed by atoms with van der Waals surface area (Å²) in [5.41, 5.74) is 4.92. The number of likely N-dealkylation sites (N-methyl/N-ethyl adjacent to an activating group) is 2. The molecular weight excluding hydrogens is 827 g/mol. The Balaban J connectivity index is 1.36. The number of hydrogen-bond donors (Lipinski definition) is 5. The van der Waals surface area contributed by atoms with Crippen LogP contribution in [0.25, 0.3) is 11.1 Å². The average Bonchev–Trinajstić information content (AvgIpc) is 3.31. The van der Waals surface area contributed by atoms with Crippen molar-refractivity contribution in [1.29, 1.82) is 0 Å². The lowest BCUT2D eigenvalue weighted by molar-refractivity contribution is -0.148. The average molecular weight is 900 g/mol. The molecule has 5 rings (SSSR count). The van der Waals surface area contributed by atoms with Gasteiger partial charge in [-0.25, -0.2) is 14.6 Å². The molecule has 65 heavy (non-hydrogen) atoms. The fourth-order valence-electron chi connectivity index (χ4n) is 7.72. The minimum Gasteiger partial charge on any atom is -0.379 e. The van der Waals surface area contributed by atoms with Crippen LogP contribution in [0.1, 0.15) is 45.2 Å². The van der Waals surface area contributed by atoms with Crippen molar-refractivity contribution in [2.24, 2.45) is 11.8 Å². The lowest BCUT2D eigenvalue weighted by atomic mass is 9.97. The molecule has 16 nitrogen and oxygen atoms in total. The predicted octanol–water partition coefficient (Wildman–Crippen LogP) is 3.62. The number of urea groups is 2. The standard InChI is InChI=1S/C49H73N9O7/c1-37(2)44(51-47(61)54(5)23-25-56-27-31-64-32-28-56)45(59)53-58(35-40-17-20-42(21-18-40)41-15-11-8-12-16-41)36-43(22-19-39-13-9-7-10-14-39)50-46(60)49(63,38(3)4)52-48(62)55(6)24-26-57-29-33-65-34-30-57/h7-18,20-21,37-38,43-44,63H,19,22-36H2,1-6H3,(H,50,60)(H,51,61)(H,52,62)(H,53,59)/t43-,44-,49+/m0/s1. The molecule has 0 radical (unpaired) electrons. The number of rotatable bonds is 22. The van der Waals surface area contributed by atoms with E-state index in [1.54, 1.807) is 37.9 Å². The fraction of sp³-hybridized carbons (Fsp3) is 0.551. The fourth-order valence-corrected chi connectivity index (χ4v) is 7.72. The van der Waals surface area contributed by atoms with Crippen LogP contribution in [-0.2, 0) is 32.0 Å². The van der Waals surface area contributed by atoms with Crippen molar-refractivity contribution in [3.63, 3.8) is 0 Å². The quantitative estimate of drug-likeness (QED) is 0.0742. The minimum atomic E-state index is -2.25. The van der Waals surface area contributed by atoms with Crippen molar-refractivity contribution in [1.82, 2.24) is 46.0 Å².